The van der Waals surface area contributed by atoms with Crippen LogP contribution >= 0.6 is 11.6 Å². The summed E-state index contributed by atoms with van der Waals surface area (Å²) in [5.41, 5.74) is 0.845. The smallest absolute Gasteiger partial charge is 0.219 e. The number of aromatic nitrogens is 2. The normalized spacial score (nSPS) is 18.5. The Labute approximate surface area is 134 Å². The molecule has 1 unspecified atom stereocenters. The van der Waals surface area contributed by atoms with Crippen LogP contribution in [0, 0.1) is 0 Å². The van der Waals surface area contributed by atoms with Crippen molar-refractivity contribution < 1.29 is 4.79 Å². The number of amides is 1. The van der Waals surface area contributed by atoms with E-state index in [1.54, 1.807) is 6.33 Å². The minimum Gasteiger partial charge on any atom is -0.354 e. The quantitative estimate of drug-likeness (QED) is 0.945. The number of nitrogens with one attached hydrogen (secondary N) is 1. The molecule has 1 fully saturated rings. The number of rotatable bonds is 3. The summed E-state index contributed by atoms with van der Waals surface area (Å²) in [6.45, 7) is 3.59. The molecule has 1 aromatic carbocycles. The molecule has 1 atom stereocenters. The van der Waals surface area contributed by atoms with Gasteiger partial charge in [0.05, 0.1) is 5.52 Å². The lowest BCUT2D eigenvalue weighted by Crippen LogP contribution is -2.48. The highest BCUT2D eigenvalue weighted by atomic mass is 35.5. The summed E-state index contributed by atoms with van der Waals surface area (Å²) in [7, 11) is 0. The third-order valence-corrected chi connectivity index (χ3v) is 4.22. The molecule has 1 aliphatic rings. The Morgan fingerprint density at radius 3 is 3.14 bits per heavy atom. The number of carbonyl (C=O) groups is 1. The monoisotopic (exact) mass is 318 g/mol. The minimum absolute atomic E-state index is 0.103. The molecule has 116 valence electrons. The van der Waals surface area contributed by atoms with Gasteiger partial charge in [-0.2, -0.15) is 0 Å². The van der Waals surface area contributed by atoms with Crippen LogP contribution in [0.3, 0.4) is 0 Å². The van der Waals surface area contributed by atoms with Crippen LogP contribution in [0.4, 0.5) is 5.82 Å². The number of carbonyl (C=O) groups excluding carboxylic acids is 1. The molecular weight excluding hydrogens is 300 g/mol. The number of benzene rings is 1. The summed E-state index contributed by atoms with van der Waals surface area (Å²) >= 11 is 6.03. The minimum atomic E-state index is 0.103. The molecular formula is C16H19ClN4O. The number of fused-ring (bicyclic) bond motifs is 1. The van der Waals surface area contributed by atoms with Crippen LogP contribution in [0.1, 0.15) is 26.2 Å². The summed E-state index contributed by atoms with van der Waals surface area (Å²) in [5.74, 6) is 1.02. The van der Waals surface area contributed by atoms with Gasteiger partial charge in [0.15, 0.2) is 0 Å². The zero-order valence-corrected chi connectivity index (χ0v) is 13.3. The molecule has 2 heterocycles. The molecule has 5 nitrogen and oxygen atoms in total. The first-order chi connectivity index (χ1) is 10.7. The summed E-state index contributed by atoms with van der Waals surface area (Å²) in [5, 5.41) is 4.75. The zero-order valence-electron chi connectivity index (χ0n) is 12.6. The fourth-order valence-corrected chi connectivity index (χ4v) is 3.05. The molecule has 6 heteroatoms. The van der Waals surface area contributed by atoms with Crippen molar-refractivity contribution in [1.29, 1.82) is 0 Å². The van der Waals surface area contributed by atoms with Gasteiger partial charge < -0.3 is 10.2 Å². The number of piperidine rings is 1. The van der Waals surface area contributed by atoms with Gasteiger partial charge in [-0.1, -0.05) is 18.5 Å². The topological polar surface area (TPSA) is 58.1 Å². The van der Waals surface area contributed by atoms with Gasteiger partial charge >= 0.3 is 0 Å². The molecule has 3 rings (SSSR count). The van der Waals surface area contributed by atoms with Crippen molar-refractivity contribution in [3.05, 3.63) is 29.5 Å². The maximum atomic E-state index is 11.6. The summed E-state index contributed by atoms with van der Waals surface area (Å²) < 4.78 is 0. The predicted octanol–water partition coefficient (Wildman–Crippen LogP) is 2.78. The van der Waals surface area contributed by atoms with Gasteiger partial charge in [0, 0.05) is 36.0 Å². The SMILES string of the molecule is CCC(=O)NC1CCCN(c2ncnc3cc(Cl)ccc23)C1. The van der Waals surface area contributed by atoms with Crippen LogP contribution in [0.15, 0.2) is 24.5 Å². The molecule has 2 aromatic rings. The second-order valence-corrected chi connectivity index (χ2v) is 6.00. The van der Waals surface area contributed by atoms with Crippen molar-refractivity contribution in [2.45, 2.75) is 32.2 Å². The molecule has 0 spiro atoms. The average molecular weight is 319 g/mol. The Kier molecular flexibility index (Phi) is 4.43. The van der Waals surface area contributed by atoms with E-state index in [9.17, 15) is 4.79 Å². The van der Waals surface area contributed by atoms with E-state index < -0.39 is 0 Å². The number of hydrogen-bond acceptors (Lipinski definition) is 4. The molecule has 1 saturated heterocycles. The molecule has 0 bridgehead atoms. The predicted molar refractivity (Wildman–Crippen MR) is 88.2 cm³/mol. The second-order valence-electron chi connectivity index (χ2n) is 5.56. The van der Waals surface area contributed by atoms with Crippen LogP contribution < -0.4 is 10.2 Å². The number of anilines is 1. The van der Waals surface area contributed by atoms with E-state index in [-0.39, 0.29) is 11.9 Å². The van der Waals surface area contributed by atoms with Crippen molar-refractivity contribution in [2.24, 2.45) is 0 Å². The van der Waals surface area contributed by atoms with Crippen LogP contribution in [0.5, 0.6) is 0 Å². The maximum absolute atomic E-state index is 11.6. The van der Waals surface area contributed by atoms with Gasteiger partial charge in [-0.15, -0.1) is 0 Å². The lowest BCUT2D eigenvalue weighted by atomic mass is 10.0. The van der Waals surface area contributed by atoms with Crippen LogP contribution in [-0.4, -0.2) is 35.0 Å². The summed E-state index contributed by atoms with van der Waals surface area (Å²) in [6, 6.07) is 5.85. The summed E-state index contributed by atoms with van der Waals surface area (Å²) in [4.78, 5) is 22.6. The molecule has 0 saturated carbocycles. The van der Waals surface area contributed by atoms with E-state index >= 15 is 0 Å². The van der Waals surface area contributed by atoms with Gasteiger partial charge in [-0.05, 0) is 31.0 Å². The standard InChI is InChI=1S/C16H19ClN4O/c1-2-15(22)20-12-4-3-7-21(9-12)16-13-6-5-11(17)8-14(13)18-10-19-16/h5-6,8,10,12H,2-4,7,9H2,1H3,(H,20,22). The highest BCUT2D eigenvalue weighted by Crippen LogP contribution is 2.27. The van der Waals surface area contributed by atoms with Gasteiger partial charge in [0.2, 0.25) is 5.91 Å². The second kappa shape index (κ2) is 6.48. The van der Waals surface area contributed by atoms with Gasteiger partial charge in [0.25, 0.3) is 0 Å². The third-order valence-electron chi connectivity index (χ3n) is 3.98. The first kappa shape index (κ1) is 15.0. The number of hydrogen-bond donors (Lipinski definition) is 1. The number of halogens is 1. The van der Waals surface area contributed by atoms with Crippen molar-refractivity contribution in [3.63, 3.8) is 0 Å². The Morgan fingerprint density at radius 1 is 1.45 bits per heavy atom. The Balaban J connectivity index is 1.85. The lowest BCUT2D eigenvalue weighted by Gasteiger charge is -2.34. The molecule has 1 aliphatic heterocycles. The molecule has 1 aromatic heterocycles. The highest BCUT2D eigenvalue weighted by Gasteiger charge is 2.23. The fraction of sp³-hybridized carbons (Fsp3) is 0.438. The van der Waals surface area contributed by atoms with Crippen molar-refractivity contribution in [1.82, 2.24) is 15.3 Å². The van der Waals surface area contributed by atoms with E-state index in [1.807, 2.05) is 25.1 Å². The van der Waals surface area contributed by atoms with Gasteiger partial charge in [-0.3, -0.25) is 4.79 Å². The Bertz CT molecular complexity index is 691. The van der Waals surface area contributed by atoms with Crippen LogP contribution in [-0.2, 0) is 4.79 Å². The maximum Gasteiger partial charge on any atom is 0.219 e. The molecule has 0 radical (unpaired) electrons. The average Bonchev–Trinajstić information content (AvgIpc) is 2.54. The zero-order chi connectivity index (χ0) is 15.5. The van der Waals surface area contributed by atoms with Crippen molar-refractivity contribution in [3.8, 4) is 0 Å². The number of nitrogens with zero attached hydrogens (tertiary/aromatic N) is 3. The Hall–Kier alpha value is -1.88. The molecule has 22 heavy (non-hydrogen) atoms. The van der Waals surface area contributed by atoms with Crippen LogP contribution in [0.2, 0.25) is 5.02 Å². The van der Waals surface area contributed by atoms with Crippen LogP contribution in [0.25, 0.3) is 10.9 Å². The van der Waals surface area contributed by atoms with Gasteiger partial charge in [0.1, 0.15) is 12.1 Å². The first-order valence-corrected chi connectivity index (χ1v) is 7.99. The van der Waals surface area contributed by atoms with E-state index in [2.05, 4.69) is 20.2 Å². The highest BCUT2D eigenvalue weighted by molar-refractivity contribution is 6.31. The molecule has 0 aliphatic carbocycles. The van der Waals surface area contributed by atoms with Gasteiger partial charge in [-0.25, -0.2) is 9.97 Å². The molecule has 1 N–H and O–H groups in total. The largest absolute Gasteiger partial charge is 0.354 e. The first-order valence-electron chi connectivity index (χ1n) is 7.62. The lowest BCUT2D eigenvalue weighted by molar-refractivity contribution is -0.121. The van der Waals surface area contributed by atoms with E-state index in [0.29, 0.717) is 11.4 Å². The summed E-state index contributed by atoms with van der Waals surface area (Å²) in [6.07, 6.45) is 4.14. The van der Waals surface area contributed by atoms with E-state index in [0.717, 1.165) is 42.7 Å². The third kappa shape index (κ3) is 3.14. The van der Waals surface area contributed by atoms with Crippen molar-refractivity contribution in [2.75, 3.05) is 18.0 Å². The Morgan fingerprint density at radius 2 is 2.32 bits per heavy atom. The van der Waals surface area contributed by atoms with E-state index in [4.69, 9.17) is 11.6 Å². The molecule has 1 amide bonds. The van der Waals surface area contributed by atoms with E-state index in [1.165, 1.54) is 0 Å². The van der Waals surface area contributed by atoms with Crippen molar-refractivity contribution >= 4 is 34.2 Å². The fourth-order valence-electron chi connectivity index (χ4n) is 2.89.